The average molecular weight is 454 g/mol. The van der Waals surface area contributed by atoms with Gasteiger partial charge in [0, 0.05) is 36.7 Å². The van der Waals surface area contributed by atoms with Crippen LogP contribution in [0.15, 0.2) is 53.9 Å². The summed E-state index contributed by atoms with van der Waals surface area (Å²) >= 11 is 7.46. The van der Waals surface area contributed by atoms with Crippen LogP contribution in [-0.4, -0.2) is 49.7 Å². The highest BCUT2D eigenvalue weighted by molar-refractivity contribution is 7.89. The van der Waals surface area contributed by atoms with E-state index < -0.39 is 10.0 Å². The Morgan fingerprint density at radius 2 is 1.90 bits per heavy atom. The quantitative estimate of drug-likeness (QED) is 0.586. The molecule has 9 heteroatoms. The minimum atomic E-state index is -3.45. The molecule has 0 saturated carbocycles. The zero-order valence-corrected chi connectivity index (χ0v) is 18.4. The van der Waals surface area contributed by atoms with E-state index >= 15 is 0 Å². The van der Waals surface area contributed by atoms with Gasteiger partial charge in [-0.05, 0) is 49.2 Å². The van der Waals surface area contributed by atoms with Gasteiger partial charge in [-0.15, -0.1) is 17.9 Å². The van der Waals surface area contributed by atoms with Crippen LogP contribution in [0.3, 0.4) is 0 Å². The Hall–Kier alpha value is -1.71. The summed E-state index contributed by atoms with van der Waals surface area (Å²) in [6.07, 6.45) is 3.54. The third-order valence-corrected chi connectivity index (χ3v) is 7.73. The number of carbonyl (C=O) groups excluding carboxylic acids is 1. The number of benzene rings is 1. The van der Waals surface area contributed by atoms with Gasteiger partial charge in [-0.1, -0.05) is 17.7 Å². The van der Waals surface area contributed by atoms with Crippen LogP contribution in [0.1, 0.15) is 17.7 Å². The van der Waals surface area contributed by atoms with Crippen LogP contribution in [0.25, 0.3) is 0 Å². The molecule has 0 atom stereocenters. The van der Waals surface area contributed by atoms with E-state index in [-0.39, 0.29) is 17.3 Å². The smallest absolute Gasteiger partial charge is 0.243 e. The summed E-state index contributed by atoms with van der Waals surface area (Å²) in [7, 11) is -3.45. The van der Waals surface area contributed by atoms with Crippen LogP contribution in [-0.2, 0) is 21.4 Å². The minimum absolute atomic E-state index is 0.176. The van der Waals surface area contributed by atoms with E-state index in [1.807, 2.05) is 17.0 Å². The number of carbonyl (C=O) groups is 1. The van der Waals surface area contributed by atoms with Gasteiger partial charge in [0.15, 0.2) is 0 Å². The summed E-state index contributed by atoms with van der Waals surface area (Å²) in [4.78, 5) is 15.7. The lowest BCUT2D eigenvalue weighted by Crippen LogP contribution is -2.32. The van der Waals surface area contributed by atoms with Gasteiger partial charge < -0.3 is 5.32 Å². The molecule has 1 aliphatic rings. The molecular weight excluding hydrogens is 430 g/mol. The first-order valence-electron chi connectivity index (χ1n) is 9.36. The Bertz CT molecular complexity index is 952. The summed E-state index contributed by atoms with van der Waals surface area (Å²) in [5.41, 5.74) is 0.563. The minimum Gasteiger partial charge on any atom is -0.325 e. The fourth-order valence-corrected chi connectivity index (χ4v) is 5.86. The first-order chi connectivity index (χ1) is 13.9. The molecule has 1 amide bonds. The number of halogens is 1. The van der Waals surface area contributed by atoms with E-state index in [0.717, 1.165) is 17.7 Å². The maximum atomic E-state index is 12.6. The highest BCUT2D eigenvalue weighted by atomic mass is 35.5. The van der Waals surface area contributed by atoms with Crippen molar-refractivity contribution in [2.45, 2.75) is 24.3 Å². The first kappa shape index (κ1) is 22.0. The molecule has 0 bridgehead atoms. The van der Waals surface area contributed by atoms with Gasteiger partial charge in [0.1, 0.15) is 0 Å². The Morgan fingerprint density at radius 1 is 1.21 bits per heavy atom. The van der Waals surface area contributed by atoms with E-state index in [2.05, 4.69) is 11.9 Å². The van der Waals surface area contributed by atoms with Crippen molar-refractivity contribution in [3.05, 3.63) is 58.3 Å². The maximum Gasteiger partial charge on any atom is 0.243 e. The molecule has 6 nitrogen and oxygen atoms in total. The van der Waals surface area contributed by atoms with Crippen LogP contribution >= 0.6 is 22.9 Å². The lowest BCUT2D eigenvalue weighted by Gasteiger charge is -2.19. The second kappa shape index (κ2) is 9.86. The molecular formula is C20H24ClN3O3S2. The highest BCUT2D eigenvalue weighted by Gasteiger charge is 2.26. The number of nitrogens with one attached hydrogen (secondary N) is 1. The standard InChI is InChI=1S/C20H24ClN3O3S2/c1-2-11-23(14-17-7-10-19(21)28-17)15-20(25)22-16-5-8-18(9-6-16)29(26,27)24-12-3-4-13-24/h2,5-10H,1,3-4,11-15H2,(H,22,25). The summed E-state index contributed by atoms with van der Waals surface area (Å²) < 4.78 is 27.4. The van der Waals surface area contributed by atoms with Crippen molar-refractivity contribution in [1.82, 2.24) is 9.21 Å². The predicted molar refractivity (Wildman–Crippen MR) is 118 cm³/mol. The molecule has 29 heavy (non-hydrogen) atoms. The van der Waals surface area contributed by atoms with Gasteiger partial charge in [-0.25, -0.2) is 8.42 Å². The Kier molecular flexibility index (Phi) is 7.48. The number of hydrogen-bond acceptors (Lipinski definition) is 5. The number of amides is 1. The number of hydrogen-bond donors (Lipinski definition) is 1. The normalized spacial score (nSPS) is 15.0. The molecule has 0 aliphatic carbocycles. The number of sulfonamides is 1. The number of nitrogens with zero attached hydrogens (tertiary/aromatic N) is 2. The van der Waals surface area contributed by atoms with E-state index in [1.54, 1.807) is 30.3 Å². The monoisotopic (exact) mass is 453 g/mol. The van der Waals surface area contributed by atoms with E-state index in [4.69, 9.17) is 11.6 Å². The number of rotatable bonds is 9. The van der Waals surface area contributed by atoms with Crippen molar-refractivity contribution in [3.8, 4) is 0 Å². The average Bonchev–Trinajstić information content (AvgIpc) is 3.35. The lowest BCUT2D eigenvalue weighted by molar-refractivity contribution is -0.117. The van der Waals surface area contributed by atoms with Crippen LogP contribution in [0, 0.1) is 0 Å². The summed E-state index contributed by atoms with van der Waals surface area (Å²) in [6, 6.07) is 10.1. The summed E-state index contributed by atoms with van der Waals surface area (Å²) in [5, 5.41) is 2.82. The third-order valence-electron chi connectivity index (χ3n) is 4.60. The zero-order chi connectivity index (χ0) is 20.9. The molecule has 0 unspecified atom stereocenters. The van der Waals surface area contributed by atoms with Gasteiger partial charge in [0.25, 0.3) is 0 Å². The predicted octanol–water partition coefficient (Wildman–Crippen LogP) is 3.81. The molecule has 2 heterocycles. The van der Waals surface area contributed by atoms with E-state index in [0.29, 0.717) is 36.2 Å². The molecule has 0 spiro atoms. The number of anilines is 1. The molecule has 1 aliphatic heterocycles. The fraction of sp³-hybridized carbons (Fsp3) is 0.350. The van der Waals surface area contributed by atoms with Crippen molar-refractivity contribution in [3.63, 3.8) is 0 Å². The molecule has 1 N–H and O–H groups in total. The van der Waals surface area contributed by atoms with Crippen LogP contribution in [0.4, 0.5) is 5.69 Å². The molecule has 156 valence electrons. The Balaban J connectivity index is 1.59. The molecule has 2 aromatic rings. The molecule has 3 rings (SSSR count). The fourth-order valence-electron chi connectivity index (χ4n) is 3.22. The second-order valence-corrected chi connectivity index (χ2v) is 10.6. The molecule has 1 aromatic carbocycles. The van der Waals surface area contributed by atoms with Crippen LogP contribution in [0.2, 0.25) is 4.34 Å². The third kappa shape index (κ3) is 5.90. The van der Waals surface area contributed by atoms with E-state index in [9.17, 15) is 13.2 Å². The van der Waals surface area contributed by atoms with Gasteiger partial charge in [-0.3, -0.25) is 9.69 Å². The SMILES string of the molecule is C=CCN(CC(=O)Nc1ccc(S(=O)(=O)N2CCCC2)cc1)Cc1ccc(Cl)s1. The second-order valence-electron chi connectivity index (χ2n) is 6.85. The van der Waals surface area contributed by atoms with Crippen molar-refractivity contribution in [2.24, 2.45) is 0 Å². The summed E-state index contributed by atoms with van der Waals surface area (Å²) in [6.45, 7) is 6.23. The van der Waals surface area contributed by atoms with Crippen LogP contribution < -0.4 is 5.32 Å². The molecule has 1 saturated heterocycles. The lowest BCUT2D eigenvalue weighted by atomic mass is 10.3. The van der Waals surface area contributed by atoms with E-state index in [1.165, 1.54) is 15.6 Å². The van der Waals surface area contributed by atoms with Gasteiger partial charge in [0.2, 0.25) is 15.9 Å². The van der Waals surface area contributed by atoms with Crippen molar-refractivity contribution >= 4 is 44.6 Å². The van der Waals surface area contributed by atoms with Gasteiger partial charge in [0.05, 0.1) is 15.8 Å². The van der Waals surface area contributed by atoms with Crippen molar-refractivity contribution in [1.29, 1.82) is 0 Å². The first-order valence-corrected chi connectivity index (χ1v) is 12.0. The topological polar surface area (TPSA) is 69.7 Å². The molecule has 0 radical (unpaired) electrons. The summed E-state index contributed by atoms with van der Waals surface area (Å²) in [5.74, 6) is -0.176. The Morgan fingerprint density at radius 3 is 2.48 bits per heavy atom. The van der Waals surface area contributed by atoms with Crippen LogP contribution in [0.5, 0.6) is 0 Å². The van der Waals surface area contributed by atoms with Gasteiger partial charge >= 0.3 is 0 Å². The highest BCUT2D eigenvalue weighted by Crippen LogP contribution is 2.23. The van der Waals surface area contributed by atoms with Crippen molar-refractivity contribution < 1.29 is 13.2 Å². The van der Waals surface area contributed by atoms with Crippen molar-refractivity contribution in [2.75, 3.05) is 31.5 Å². The number of thiophene rings is 1. The largest absolute Gasteiger partial charge is 0.325 e. The maximum absolute atomic E-state index is 12.6. The zero-order valence-electron chi connectivity index (χ0n) is 16.0. The Labute approximate surface area is 180 Å². The molecule has 1 fully saturated rings. The molecule has 1 aromatic heterocycles. The van der Waals surface area contributed by atoms with Gasteiger partial charge in [-0.2, -0.15) is 4.31 Å².